The average Bonchev–Trinajstić information content (AvgIpc) is 2.78. The van der Waals surface area contributed by atoms with E-state index in [1.165, 1.54) is 76.2 Å². The van der Waals surface area contributed by atoms with Crippen LogP contribution in [0.5, 0.6) is 0 Å². The summed E-state index contributed by atoms with van der Waals surface area (Å²) in [6.45, 7) is 8.36. The lowest BCUT2D eigenvalue weighted by molar-refractivity contribution is -0.120. The van der Waals surface area contributed by atoms with E-state index in [-0.39, 0.29) is 5.75 Å². The summed E-state index contributed by atoms with van der Waals surface area (Å²) in [7, 11) is -3.57. The Hall–Kier alpha value is -1.36. The van der Waals surface area contributed by atoms with E-state index in [9.17, 15) is 13.2 Å². The molecule has 5 heteroatoms. The fourth-order valence-electron chi connectivity index (χ4n) is 4.34. The minimum atomic E-state index is -3.57. The molecule has 0 aromatic heterocycles. The molecule has 0 saturated carbocycles. The number of sulfonamides is 1. The number of carbonyl (C=O) groups excluding carboxylic acids is 1. The Balaban J connectivity index is 2.14. The predicted molar refractivity (Wildman–Crippen MR) is 146 cm³/mol. The Labute approximate surface area is 210 Å². The lowest BCUT2D eigenvalue weighted by Gasteiger charge is -2.14. The Morgan fingerprint density at radius 3 is 1.62 bits per heavy atom. The highest BCUT2D eigenvalue weighted by molar-refractivity contribution is 7.90. The van der Waals surface area contributed by atoms with Crippen molar-refractivity contribution in [2.75, 3.05) is 5.75 Å². The highest BCUT2D eigenvalue weighted by atomic mass is 32.2. The first-order valence-electron chi connectivity index (χ1n) is 13.9. The van der Waals surface area contributed by atoms with Crippen LogP contribution in [0.15, 0.2) is 24.3 Å². The zero-order valence-corrected chi connectivity index (χ0v) is 23.2. The molecule has 1 aromatic carbocycles. The van der Waals surface area contributed by atoms with Gasteiger partial charge in [-0.2, -0.15) is 0 Å². The van der Waals surface area contributed by atoms with Gasteiger partial charge in [0.1, 0.15) is 0 Å². The predicted octanol–water partition coefficient (Wildman–Crippen LogP) is 7.92. The third-order valence-electron chi connectivity index (χ3n) is 6.54. The van der Waals surface area contributed by atoms with E-state index in [0.717, 1.165) is 24.8 Å². The molecule has 0 bridgehead atoms. The van der Waals surface area contributed by atoms with Crippen LogP contribution in [0.2, 0.25) is 0 Å². The molecule has 1 amide bonds. The quantitative estimate of drug-likeness (QED) is 0.188. The number of hydrogen-bond acceptors (Lipinski definition) is 3. The number of carbonyl (C=O) groups is 1. The highest BCUT2D eigenvalue weighted by Crippen LogP contribution is 2.18. The molecule has 0 aliphatic carbocycles. The second-order valence-electron chi connectivity index (χ2n) is 10.4. The molecule has 196 valence electrons. The SMILES string of the molecule is CCCCCCCCCCCCCCCCS(=O)(=O)NC(=O)C(C)c1ccc(CC(C)C)cc1. The molecule has 1 aromatic rings. The van der Waals surface area contributed by atoms with Gasteiger partial charge in [-0.25, -0.2) is 8.42 Å². The summed E-state index contributed by atoms with van der Waals surface area (Å²) in [6, 6.07) is 7.93. The molecule has 4 nitrogen and oxygen atoms in total. The van der Waals surface area contributed by atoms with Gasteiger partial charge < -0.3 is 0 Å². The molecule has 0 saturated heterocycles. The van der Waals surface area contributed by atoms with Gasteiger partial charge in [-0.05, 0) is 36.8 Å². The molecule has 0 aliphatic heterocycles. The first-order valence-corrected chi connectivity index (χ1v) is 15.5. The highest BCUT2D eigenvalue weighted by Gasteiger charge is 2.21. The zero-order chi connectivity index (χ0) is 25.2. The maximum atomic E-state index is 12.5. The largest absolute Gasteiger partial charge is 0.273 e. The van der Waals surface area contributed by atoms with Crippen molar-refractivity contribution >= 4 is 15.9 Å². The molecule has 0 fully saturated rings. The standard InChI is InChI=1S/C29H51NO3S/c1-5-6-7-8-9-10-11-12-13-14-15-16-17-18-23-34(32,33)30-29(31)26(4)28-21-19-27(20-22-28)24-25(2)3/h19-22,25-26H,5-18,23-24H2,1-4H3,(H,30,31). The van der Waals surface area contributed by atoms with E-state index in [4.69, 9.17) is 0 Å². The maximum Gasteiger partial charge on any atom is 0.240 e. The van der Waals surface area contributed by atoms with Gasteiger partial charge >= 0.3 is 0 Å². The van der Waals surface area contributed by atoms with Gasteiger partial charge in [0.25, 0.3) is 0 Å². The molecule has 1 rings (SSSR count). The van der Waals surface area contributed by atoms with Crippen molar-refractivity contribution in [2.45, 2.75) is 130 Å². The van der Waals surface area contributed by atoms with Crippen LogP contribution in [0.1, 0.15) is 135 Å². The number of rotatable bonds is 20. The van der Waals surface area contributed by atoms with Crippen molar-refractivity contribution in [3.05, 3.63) is 35.4 Å². The van der Waals surface area contributed by atoms with E-state index in [1.807, 2.05) is 24.3 Å². The van der Waals surface area contributed by atoms with Crippen LogP contribution in [0.3, 0.4) is 0 Å². The van der Waals surface area contributed by atoms with Crippen molar-refractivity contribution in [1.82, 2.24) is 4.72 Å². The lowest BCUT2D eigenvalue weighted by Crippen LogP contribution is -2.35. The van der Waals surface area contributed by atoms with Gasteiger partial charge in [0.2, 0.25) is 15.9 Å². The maximum absolute atomic E-state index is 12.5. The molecule has 0 radical (unpaired) electrons. The normalized spacial score (nSPS) is 12.7. The average molecular weight is 494 g/mol. The zero-order valence-electron chi connectivity index (χ0n) is 22.4. The molecule has 1 unspecified atom stereocenters. The fraction of sp³-hybridized carbons (Fsp3) is 0.759. The summed E-state index contributed by atoms with van der Waals surface area (Å²) in [5, 5.41) is 0. The number of unbranched alkanes of at least 4 members (excludes halogenated alkanes) is 13. The monoisotopic (exact) mass is 493 g/mol. The topological polar surface area (TPSA) is 63.2 Å². The molecule has 0 spiro atoms. The second kappa shape index (κ2) is 18.0. The Morgan fingerprint density at radius 2 is 1.18 bits per heavy atom. The third-order valence-corrected chi connectivity index (χ3v) is 7.88. The van der Waals surface area contributed by atoms with E-state index < -0.39 is 21.8 Å². The lowest BCUT2D eigenvalue weighted by atomic mass is 9.96. The van der Waals surface area contributed by atoms with Crippen molar-refractivity contribution in [3.63, 3.8) is 0 Å². The minimum Gasteiger partial charge on any atom is -0.273 e. The Bertz CT molecular complexity index is 756. The number of hydrogen-bond donors (Lipinski definition) is 1. The Kier molecular flexibility index (Phi) is 16.2. The summed E-state index contributed by atoms with van der Waals surface area (Å²) in [6.07, 6.45) is 18.2. The van der Waals surface area contributed by atoms with Gasteiger partial charge in [-0.1, -0.05) is 129 Å². The first-order chi connectivity index (χ1) is 16.2. The first kappa shape index (κ1) is 30.7. The smallest absolute Gasteiger partial charge is 0.240 e. The molecular weight excluding hydrogens is 442 g/mol. The minimum absolute atomic E-state index is 0.0246. The molecule has 0 heterocycles. The van der Waals surface area contributed by atoms with Crippen LogP contribution in [0, 0.1) is 5.92 Å². The summed E-state index contributed by atoms with van der Waals surface area (Å²) >= 11 is 0. The third kappa shape index (κ3) is 14.8. The summed E-state index contributed by atoms with van der Waals surface area (Å²) < 4.78 is 27.0. The van der Waals surface area contributed by atoms with Gasteiger partial charge in [0.05, 0.1) is 11.7 Å². The van der Waals surface area contributed by atoms with E-state index in [2.05, 4.69) is 25.5 Å². The van der Waals surface area contributed by atoms with Crippen LogP contribution >= 0.6 is 0 Å². The molecule has 0 aliphatic rings. The van der Waals surface area contributed by atoms with Crippen molar-refractivity contribution < 1.29 is 13.2 Å². The van der Waals surface area contributed by atoms with E-state index in [1.54, 1.807) is 6.92 Å². The van der Waals surface area contributed by atoms with Crippen LogP contribution < -0.4 is 4.72 Å². The fourth-order valence-corrected chi connectivity index (χ4v) is 5.51. The van der Waals surface area contributed by atoms with Crippen molar-refractivity contribution in [3.8, 4) is 0 Å². The summed E-state index contributed by atoms with van der Waals surface area (Å²) in [4.78, 5) is 12.5. The molecule has 1 N–H and O–H groups in total. The number of amides is 1. The molecule has 34 heavy (non-hydrogen) atoms. The number of benzene rings is 1. The van der Waals surface area contributed by atoms with E-state index >= 15 is 0 Å². The van der Waals surface area contributed by atoms with Crippen LogP contribution in [0.25, 0.3) is 0 Å². The van der Waals surface area contributed by atoms with Crippen molar-refractivity contribution in [2.24, 2.45) is 5.92 Å². The van der Waals surface area contributed by atoms with Crippen LogP contribution in [-0.2, 0) is 21.2 Å². The van der Waals surface area contributed by atoms with Gasteiger partial charge in [0.15, 0.2) is 0 Å². The van der Waals surface area contributed by atoms with Gasteiger partial charge in [0, 0.05) is 0 Å². The number of nitrogens with one attached hydrogen (secondary N) is 1. The summed E-state index contributed by atoms with van der Waals surface area (Å²) in [5.74, 6) is -0.329. The Morgan fingerprint density at radius 1 is 0.735 bits per heavy atom. The summed E-state index contributed by atoms with van der Waals surface area (Å²) in [5.41, 5.74) is 2.08. The molecule has 1 atom stereocenters. The van der Waals surface area contributed by atoms with Gasteiger partial charge in [-0.15, -0.1) is 0 Å². The van der Waals surface area contributed by atoms with Gasteiger partial charge in [-0.3, -0.25) is 9.52 Å². The van der Waals surface area contributed by atoms with Crippen LogP contribution in [0.4, 0.5) is 0 Å². The van der Waals surface area contributed by atoms with Crippen LogP contribution in [-0.4, -0.2) is 20.1 Å². The second-order valence-corrected chi connectivity index (χ2v) is 12.3. The van der Waals surface area contributed by atoms with Crippen molar-refractivity contribution in [1.29, 1.82) is 0 Å². The van der Waals surface area contributed by atoms with E-state index in [0.29, 0.717) is 12.3 Å². The molecular formula is C29H51NO3S.